The van der Waals surface area contributed by atoms with E-state index in [0.29, 0.717) is 37.1 Å². The number of hydrogen-bond acceptors (Lipinski definition) is 5. The van der Waals surface area contributed by atoms with E-state index in [4.69, 9.17) is 0 Å². The molecule has 1 N–H and O–H groups in total. The maximum atomic E-state index is 12.7. The van der Waals surface area contributed by atoms with Crippen LogP contribution in [-0.2, 0) is 9.84 Å². The maximum absolute atomic E-state index is 12.7. The fourth-order valence-corrected chi connectivity index (χ4v) is 4.27. The van der Waals surface area contributed by atoms with Gasteiger partial charge in [-0.1, -0.05) is 0 Å². The van der Waals surface area contributed by atoms with Gasteiger partial charge >= 0.3 is 0 Å². The first-order chi connectivity index (χ1) is 10.3. The molecule has 1 aromatic heterocycles. The predicted octanol–water partition coefficient (Wildman–Crippen LogP) is 0.0181. The monoisotopic (exact) mass is 327 g/mol. The van der Waals surface area contributed by atoms with Gasteiger partial charge in [0.1, 0.15) is 5.69 Å². The van der Waals surface area contributed by atoms with Crippen LogP contribution in [-0.4, -0.2) is 80.1 Å². The first-order valence-electron chi connectivity index (χ1n) is 7.12. The second-order valence-electron chi connectivity index (χ2n) is 5.82. The van der Waals surface area contributed by atoms with Crippen molar-refractivity contribution in [3.8, 4) is 0 Å². The molecule has 2 rings (SSSR count). The molecule has 0 radical (unpaired) electrons. The van der Waals surface area contributed by atoms with Gasteiger partial charge in [0.2, 0.25) is 0 Å². The summed E-state index contributed by atoms with van der Waals surface area (Å²) in [5.41, 5.74) is 0.708. The van der Waals surface area contributed by atoms with Crippen LogP contribution in [0.25, 0.3) is 0 Å². The lowest BCUT2D eigenvalue weighted by atomic mass is 10.2. The van der Waals surface area contributed by atoms with Crippen LogP contribution in [0.15, 0.2) is 12.3 Å². The summed E-state index contributed by atoms with van der Waals surface area (Å²) in [6.07, 6.45) is 2.59. The lowest BCUT2D eigenvalue weighted by molar-refractivity contribution is 0.0678. The average Bonchev–Trinajstić information content (AvgIpc) is 3.05. The summed E-state index contributed by atoms with van der Waals surface area (Å²) >= 11 is 0. The normalized spacial score (nSPS) is 20.2. The molecule has 0 aromatic carbocycles. The smallest absolute Gasteiger partial charge is 0.270 e. The van der Waals surface area contributed by atoms with E-state index in [1.54, 1.807) is 4.90 Å². The van der Waals surface area contributed by atoms with Gasteiger partial charge in [0, 0.05) is 30.9 Å². The van der Waals surface area contributed by atoms with Crippen LogP contribution in [0.1, 0.15) is 27.3 Å². The third-order valence-electron chi connectivity index (χ3n) is 3.77. The number of carbonyl (C=O) groups excluding carboxylic acids is 2. The quantitative estimate of drug-likeness (QED) is 0.744. The van der Waals surface area contributed by atoms with Crippen molar-refractivity contribution in [2.45, 2.75) is 12.5 Å². The van der Waals surface area contributed by atoms with Crippen LogP contribution in [0.2, 0.25) is 0 Å². The summed E-state index contributed by atoms with van der Waals surface area (Å²) in [4.78, 5) is 29.7. The van der Waals surface area contributed by atoms with Crippen molar-refractivity contribution in [3.05, 3.63) is 23.5 Å². The van der Waals surface area contributed by atoms with Gasteiger partial charge in [0.05, 0.1) is 11.5 Å². The van der Waals surface area contributed by atoms with E-state index >= 15 is 0 Å². The standard InChI is InChI=1S/C14H21N3O4S/c1-16(2)4-5-17(12-3-6-22(20,21)10-12)14(19)13-7-11(9-18)8-15-13/h7-9,12,15H,3-6,10H2,1-2H3. The molecule has 1 amide bonds. The van der Waals surface area contributed by atoms with Crippen LogP contribution in [0.4, 0.5) is 0 Å². The van der Waals surface area contributed by atoms with E-state index in [1.807, 2.05) is 19.0 Å². The molecule has 1 aliphatic rings. The summed E-state index contributed by atoms with van der Waals surface area (Å²) < 4.78 is 23.4. The van der Waals surface area contributed by atoms with Crippen molar-refractivity contribution >= 4 is 22.0 Å². The number of likely N-dealkylation sites (N-methyl/N-ethyl adjacent to an activating group) is 1. The van der Waals surface area contributed by atoms with E-state index in [2.05, 4.69) is 4.98 Å². The van der Waals surface area contributed by atoms with Crippen molar-refractivity contribution in [2.24, 2.45) is 0 Å². The molecule has 7 nitrogen and oxygen atoms in total. The van der Waals surface area contributed by atoms with E-state index in [9.17, 15) is 18.0 Å². The Bertz CT molecular complexity index is 651. The van der Waals surface area contributed by atoms with Gasteiger partial charge in [-0.25, -0.2) is 8.42 Å². The lowest BCUT2D eigenvalue weighted by Gasteiger charge is -2.29. The first kappa shape index (κ1) is 16.7. The largest absolute Gasteiger partial charge is 0.356 e. The number of carbonyl (C=O) groups is 2. The van der Waals surface area contributed by atoms with Gasteiger partial charge in [0.25, 0.3) is 5.91 Å². The Balaban J connectivity index is 2.19. The molecule has 1 aromatic rings. The molecule has 1 unspecified atom stereocenters. The molecule has 122 valence electrons. The molecule has 0 bridgehead atoms. The summed E-state index contributed by atoms with van der Waals surface area (Å²) in [7, 11) is 0.724. The summed E-state index contributed by atoms with van der Waals surface area (Å²) in [5, 5.41) is 0. The molecular formula is C14H21N3O4S. The number of hydrogen-bond donors (Lipinski definition) is 1. The Morgan fingerprint density at radius 3 is 2.64 bits per heavy atom. The van der Waals surface area contributed by atoms with E-state index in [0.717, 1.165) is 0 Å². The van der Waals surface area contributed by atoms with Gasteiger partial charge in [-0.15, -0.1) is 0 Å². The Morgan fingerprint density at radius 1 is 1.41 bits per heavy atom. The number of aromatic nitrogens is 1. The Morgan fingerprint density at radius 2 is 2.14 bits per heavy atom. The van der Waals surface area contributed by atoms with Crippen molar-refractivity contribution in [1.82, 2.24) is 14.8 Å². The number of aldehydes is 1. The molecule has 1 aliphatic heterocycles. The lowest BCUT2D eigenvalue weighted by Crippen LogP contribution is -2.44. The molecule has 1 atom stereocenters. The Hall–Kier alpha value is -1.67. The van der Waals surface area contributed by atoms with Crippen LogP contribution in [0.3, 0.4) is 0 Å². The molecule has 1 saturated heterocycles. The second kappa shape index (κ2) is 6.62. The number of H-pyrrole nitrogens is 1. The molecule has 1 fully saturated rings. The highest BCUT2D eigenvalue weighted by molar-refractivity contribution is 7.91. The maximum Gasteiger partial charge on any atom is 0.270 e. The number of aromatic amines is 1. The zero-order chi connectivity index (χ0) is 16.3. The third-order valence-corrected chi connectivity index (χ3v) is 5.52. The fraction of sp³-hybridized carbons (Fsp3) is 0.571. The predicted molar refractivity (Wildman–Crippen MR) is 82.8 cm³/mol. The second-order valence-corrected chi connectivity index (χ2v) is 8.05. The van der Waals surface area contributed by atoms with Gasteiger partial charge in [-0.05, 0) is 26.6 Å². The van der Waals surface area contributed by atoms with Crippen LogP contribution in [0, 0.1) is 0 Å². The number of amides is 1. The minimum Gasteiger partial charge on any atom is -0.356 e. The van der Waals surface area contributed by atoms with E-state index in [1.165, 1.54) is 12.3 Å². The molecule has 8 heteroatoms. The topological polar surface area (TPSA) is 90.6 Å². The van der Waals surface area contributed by atoms with Crippen molar-refractivity contribution in [2.75, 3.05) is 38.7 Å². The SMILES string of the molecule is CN(C)CCN(C(=O)c1cc(C=O)c[nH]1)C1CCS(=O)(=O)C1. The highest BCUT2D eigenvalue weighted by Gasteiger charge is 2.35. The molecule has 0 aliphatic carbocycles. The van der Waals surface area contributed by atoms with Crippen molar-refractivity contribution in [1.29, 1.82) is 0 Å². The molecule has 0 spiro atoms. The van der Waals surface area contributed by atoms with Gasteiger partial charge in [0.15, 0.2) is 16.1 Å². The number of nitrogens with one attached hydrogen (secondary N) is 1. The summed E-state index contributed by atoms with van der Waals surface area (Å²) in [6, 6.07) is 1.18. The fourth-order valence-electron chi connectivity index (χ4n) is 2.54. The number of sulfone groups is 1. The van der Waals surface area contributed by atoms with Crippen molar-refractivity contribution in [3.63, 3.8) is 0 Å². The molecule has 22 heavy (non-hydrogen) atoms. The molecule has 2 heterocycles. The number of nitrogens with zero attached hydrogens (tertiary/aromatic N) is 2. The zero-order valence-electron chi connectivity index (χ0n) is 12.8. The minimum atomic E-state index is -3.07. The van der Waals surface area contributed by atoms with Gasteiger partial charge in [-0.3, -0.25) is 9.59 Å². The minimum absolute atomic E-state index is 0.00736. The van der Waals surface area contributed by atoms with Crippen LogP contribution >= 0.6 is 0 Å². The zero-order valence-corrected chi connectivity index (χ0v) is 13.6. The molecular weight excluding hydrogens is 306 g/mol. The Labute approximate surface area is 130 Å². The van der Waals surface area contributed by atoms with Crippen LogP contribution in [0.5, 0.6) is 0 Å². The molecule has 0 saturated carbocycles. The van der Waals surface area contributed by atoms with Crippen LogP contribution < -0.4 is 0 Å². The summed E-state index contributed by atoms with van der Waals surface area (Å²) in [5.74, 6) is -0.140. The highest BCUT2D eigenvalue weighted by Crippen LogP contribution is 2.20. The van der Waals surface area contributed by atoms with E-state index < -0.39 is 9.84 Å². The average molecular weight is 327 g/mol. The first-order valence-corrected chi connectivity index (χ1v) is 8.94. The Kier molecular flexibility index (Phi) is 5.02. The third kappa shape index (κ3) is 3.95. The van der Waals surface area contributed by atoms with Crippen molar-refractivity contribution < 1.29 is 18.0 Å². The van der Waals surface area contributed by atoms with E-state index in [-0.39, 0.29) is 23.5 Å². The summed E-state index contributed by atoms with van der Waals surface area (Å²) in [6.45, 7) is 1.09. The number of rotatable bonds is 6. The van der Waals surface area contributed by atoms with Gasteiger partial charge in [-0.2, -0.15) is 0 Å². The highest BCUT2D eigenvalue weighted by atomic mass is 32.2. The van der Waals surface area contributed by atoms with Gasteiger partial charge < -0.3 is 14.8 Å².